The van der Waals surface area contributed by atoms with Gasteiger partial charge in [0, 0.05) is 51.1 Å². The molecule has 4 rings (SSSR count). The summed E-state index contributed by atoms with van der Waals surface area (Å²) in [6, 6.07) is 8.79. The standard InChI is InChI=1S/C24H23Cl2N3O2/c1-12-4-7-20(27-11-12)29-24(31)21-14(3)28-18-8-13(2)9-19(30)23(18)22(21)16-6-5-15(25)10-17(16)26/h4-7,10-11,13,22,28H,8-9H2,1-3H3,(H,27,29,31). The van der Waals surface area contributed by atoms with Crippen LogP contribution in [-0.4, -0.2) is 16.7 Å². The highest BCUT2D eigenvalue weighted by Crippen LogP contribution is 2.45. The van der Waals surface area contributed by atoms with Gasteiger partial charge < -0.3 is 10.6 Å². The van der Waals surface area contributed by atoms with Gasteiger partial charge in [-0.1, -0.05) is 42.3 Å². The fraction of sp³-hybridized carbons (Fsp3) is 0.292. The number of Topliss-reactive ketones (excluding diaryl/α,β-unsaturated/α-hetero) is 1. The molecule has 2 aromatic rings. The topological polar surface area (TPSA) is 71.1 Å². The van der Waals surface area contributed by atoms with Gasteiger partial charge in [0.1, 0.15) is 5.82 Å². The SMILES string of the molecule is CC1=C(C(=O)Nc2ccc(C)cn2)C(c2ccc(Cl)cc2Cl)C2=C(CC(C)CC2=O)N1. The molecule has 2 heterocycles. The van der Waals surface area contributed by atoms with Crippen molar-refractivity contribution in [3.05, 3.63) is 80.2 Å². The summed E-state index contributed by atoms with van der Waals surface area (Å²) in [6.45, 7) is 5.83. The third-order valence-corrected chi connectivity index (χ3v) is 6.27. The number of pyridine rings is 1. The van der Waals surface area contributed by atoms with Crippen LogP contribution in [0.15, 0.2) is 59.1 Å². The van der Waals surface area contributed by atoms with E-state index in [9.17, 15) is 9.59 Å². The first-order valence-corrected chi connectivity index (χ1v) is 10.9. The molecule has 1 aromatic heterocycles. The minimum Gasteiger partial charge on any atom is -0.362 e. The highest BCUT2D eigenvalue weighted by Gasteiger charge is 2.40. The van der Waals surface area contributed by atoms with Crippen molar-refractivity contribution >= 4 is 40.7 Å². The molecule has 0 bridgehead atoms. The zero-order valence-electron chi connectivity index (χ0n) is 17.6. The maximum atomic E-state index is 13.4. The van der Waals surface area contributed by atoms with Crippen molar-refractivity contribution < 1.29 is 9.59 Å². The molecule has 160 valence electrons. The number of amides is 1. The average Bonchev–Trinajstić information content (AvgIpc) is 2.68. The average molecular weight is 456 g/mol. The Labute approximate surface area is 191 Å². The number of rotatable bonds is 3. The summed E-state index contributed by atoms with van der Waals surface area (Å²) >= 11 is 12.7. The fourth-order valence-electron chi connectivity index (χ4n) is 4.31. The van der Waals surface area contributed by atoms with Crippen LogP contribution in [0.2, 0.25) is 10.0 Å². The molecule has 31 heavy (non-hydrogen) atoms. The van der Waals surface area contributed by atoms with Crippen LogP contribution >= 0.6 is 23.2 Å². The molecule has 2 atom stereocenters. The van der Waals surface area contributed by atoms with Crippen LogP contribution in [-0.2, 0) is 9.59 Å². The summed E-state index contributed by atoms with van der Waals surface area (Å²) in [4.78, 5) is 30.8. The van der Waals surface area contributed by atoms with Crippen molar-refractivity contribution in [2.75, 3.05) is 5.32 Å². The predicted molar refractivity (Wildman–Crippen MR) is 123 cm³/mol. The number of carbonyl (C=O) groups excluding carboxylic acids is 2. The molecule has 2 aliphatic rings. The van der Waals surface area contributed by atoms with E-state index >= 15 is 0 Å². The Morgan fingerprint density at radius 1 is 1.16 bits per heavy atom. The molecule has 0 radical (unpaired) electrons. The maximum Gasteiger partial charge on any atom is 0.255 e. The first-order chi connectivity index (χ1) is 14.7. The van der Waals surface area contributed by atoms with Crippen LogP contribution in [0.5, 0.6) is 0 Å². The van der Waals surface area contributed by atoms with Gasteiger partial charge in [0.05, 0.1) is 0 Å². The molecule has 2 unspecified atom stereocenters. The van der Waals surface area contributed by atoms with Gasteiger partial charge >= 0.3 is 0 Å². The van der Waals surface area contributed by atoms with Gasteiger partial charge in [-0.2, -0.15) is 0 Å². The third kappa shape index (κ3) is 4.25. The zero-order chi connectivity index (χ0) is 22.3. The Kier molecular flexibility index (Phi) is 5.91. The Balaban J connectivity index is 1.82. The van der Waals surface area contributed by atoms with Gasteiger partial charge in [0.25, 0.3) is 5.91 Å². The van der Waals surface area contributed by atoms with Crippen molar-refractivity contribution in [1.29, 1.82) is 0 Å². The van der Waals surface area contributed by atoms with Crippen molar-refractivity contribution in [2.45, 2.75) is 39.5 Å². The van der Waals surface area contributed by atoms with Crippen LogP contribution in [0.4, 0.5) is 5.82 Å². The third-order valence-electron chi connectivity index (χ3n) is 5.70. The second kappa shape index (κ2) is 8.48. The zero-order valence-corrected chi connectivity index (χ0v) is 19.1. The lowest BCUT2D eigenvalue weighted by Gasteiger charge is -2.36. The van der Waals surface area contributed by atoms with Crippen LogP contribution in [0.1, 0.15) is 43.7 Å². The van der Waals surface area contributed by atoms with E-state index in [1.54, 1.807) is 30.5 Å². The number of aromatic nitrogens is 1. The van der Waals surface area contributed by atoms with E-state index in [1.807, 2.05) is 19.9 Å². The lowest BCUT2D eigenvalue weighted by atomic mass is 9.73. The molecule has 5 nitrogen and oxygen atoms in total. The summed E-state index contributed by atoms with van der Waals surface area (Å²) in [7, 11) is 0. The number of halogens is 2. The number of aryl methyl sites for hydroxylation is 1. The van der Waals surface area contributed by atoms with E-state index in [-0.39, 0.29) is 17.6 Å². The van der Waals surface area contributed by atoms with E-state index in [1.165, 1.54) is 0 Å². The summed E-state index contributed by atoms with van der Waals surface area (Å²) in [5.41, 5.74) is 4.30. The van der Waals surface area contributed by atoms with E-state index in [0.717, 1.165) is 17.7 Å². The minimum absolute atomic E-state index is 0.0310. The molecule has 1 aromatic carbocycles. The second-order valence-corrected chi connectivity index (χ2v) is 9.11. The van der Waals surface area contributed by atoms with Gasteiger partial charge in [-0.3, -0.25) is 9.59 Å². The fourth-order valence-corrected chi connectivity index (χ4v) is 4.82. The molecule has 7 heteroatoms. The van der Waals surface area contributed by atoms with Crippen molar-refractivity contribution in [3.63, 3.8) is 0 Å². The molecule has 0 fully saturated rings. The lowest BCUT2D eigenvalue weighted by Crippen LogP contribution is -2.37. The van der Waals surface area contributed by atoms with E-state index < -0.39 is 5.92 Å². The number of hydrogen-bond donors (Lipinski definition) is 2. The normalized spacial score (nSPS) is 21.0. The van der Waals surface area contributed by atoms with Gasteiger partial charge in [-0.15, -0.1) is 0 Å². The van der Waals surface area contributed by atoms with Crippen LogP contribution in [0.25, 0.3) is 0 Å². The Bertz CT molecular complexity index is 1140. The number of carbonyl (C=O) groups is 2. The summed E-state index contributed by atoms with van der Waals surface area (Å²) in [5.74, 6) is -0.189. The van der Waals surface area contributed by atoms with Gasteiger partial charge in [-0.25, -0.2) is 4.98 Å². The number of nitrogens with zero attached hydrogens (tertiary/aromatic N) is 1. The Morgan fingerprint density at radius 3 is 2.61 bits per heavy atom. The Hall–Kier alpha value is -2.63. The quantitative estimate of drug-likeness (QED) is 0.636. The lowest BCUT2D eigenvalue weighted by molar-refractivity contribution is -0.117. The minimum atomic E-state index is -0.577. The first kappa shape index (κ1) is 21.6. The molecule has 0 saturated heterocycles. The van der Waals surface area contributed by atoms with Gasteiger partial charge in [-0.05, 0) is 55.5 Å². The molecule has 1 amide bonds. The number of hydrogen-bond acceptors (Lipinski definition) is 4. The first-order valence-electron chi connectivity index (χ1n) is 10.2. The summed E-state index contributed by atoms with van der Waals surface area (Å²) in [6.07, 6.45) is 2.88. The monoisotopic (exact) mass is 455 g/mol. The maximum absolute atomic E-state index is 13.4. The van der Waals surface area contributed by atoms with Crippen LogP contribution < -0.4 is 10.6 Å². The molecule has 0 spiro atoms. The summed E-state index contributed by atoms with van der Waals surface area (Å²) in [5, 5.41) is 7.11. The van der Waals surface area contributed by atoms with Crippen molar-refractivity contribution in [3.8, 4) is 0 Å². The van der Waals surface area contributed by atoms with Crippen LogP contribution in [0.3, 0.4) is 0 Å². The molecular formula is C24H23Cl2N3O2. The number of ketones is 1. The predicted octanol–water partition coefficient (Wildman–Crippen LogP) is 5.55. The second-order valence-electron chi connectivity index (χ2n) is 8.27. The molecular weight excluding hydrogens is 433 g/mol. The largest absolute Gasteiger partial charge is 0.362 e. The van der Waals surface area contributed by atoms with E-state index in [0.29, 0.717) is 44.7 Å². The van der Waals surface area contributed by atoms with Gasteiger partial charge in [0.2, 0.25) is 0 Å². The number of anilines is 1. The number of benzene rings is 1. The van der Waals surface area contributed by atoms with Gasteiger partial charge in [0.15, 0.2) is 5.78 Å². The number of allylic oxidation sites excluding steroid dienone is 3. The number of dihydropyridines is 1. The smallest absolute Gasteiger partial charge is 0.255 e. The van der Waals surface area contributed by atoms with Crippen molar-refractivity contribution in [1.82, 2.24) is 10.3 Å². The van der Waals surface area contributed by atoms with E-state index in [4.69, 9.17) is 23.2 Å². The molecule has 1 aliphatic heterocycles. The summed E-state index contributed by atoms with van der Waals surface area (Å²) < 4.78 is 0. The van der Waals surface area contributed by atoms with Crippen molar-refractivity contribution in [2.24, 2.45) is 5.92 Å². The molecule has 2 N–H and O–H groups in total. The van der Waals surface area contributed by atoms with Crippen LogP contribution in [0, 0.1) is 12.8 Å². The molecule has 1 aliphatic carbocycles. The number of nitrogens with one attached hydrogen (secondary N) is 2. The molecule has 0 saturated carbocycles. The van der Waals surface area contributed by atoms with E-state index in [2.05, 4.69) is 22.5 Å². The highest BCUT2D eigenvalue weighted by atomic mass is 35.5. The highest BCUT2D eigenvalue weighted by molar-refractivity contribution is 6.35. The Morgan fingerprint density at radius 2 is 1.94 bits per heavy atom.